The SMILES string of the molecule is Cc1ccc(CNC(C)Cn2ccnc2)cc1. The van der Waals surface area contributed by atoms with Crippen molar-refractivity contribution in [3.63, 3.8) is 0 Å². The molecule has 0 fully saturated rings. The highest BCUT2D eigenvalue weighted by molar-refractivity contribution is 5.21. The van der Waals surface area contributed by atoms with Crippen LogP contribution in [-0.4, -0.2) is 15.6 Å². The van der Waals surface area contributed by atoms with Gasteiger partial charge in [0.25, 0.3) is 0 Å². The molecule has 0 aliphatic rings. The molecule has 1 heterocycles. The molecule has 2 rings (SSSR count). The molecule has 90 valence electrons. The van der Waals surface area contributed by atoms with E-state index in [4.69, 9.17) is 0 Å². The number of nitrogens with zero attached hydrogens (tertiary/aromatic N) is 2. The van der Waals surface area contributed by atoms with Crippen LogP contribution < -0.4 is 5.32 Å². The first-order chi connectivity index (χ1) is 8.24. The Kier molecular flexibility index (Phi) is 3.94. The van der Waals surface area contributed by atoms with Crippen molar-refractivity contribution in [2.75, 3.05) is 0 Å². The summed E-state index contributed by atoms with van der Waals surface area (Å²) in [5, 5.41) is 3.51. The number of rotatable bonds is 5. The minimum Gasteiger partial charge on any atom is -0.336 e. The second-order valence-electron chi connectivity index (χ2n) is 4.53. The third-order valence-corrected chi connectivity index (χ3v) is 2.82. The van der Waals surface area contributed by atoms with Gasteiger partial charge < -0.3 is 9.88 Å². The number of benzene rings is 1. The van der Waals surface area contributed by atoms with E-state index in [9.17, 15) is 0 Å². The van der Waals surface area contributed by atoms with Crippen LogP contribution >= 0.6 is 0 Å². The maximum atomic E-state index is 4.04. The molecule has 0 radical (unpaired) electrons. The van der Waals surface area contributed by atoms with Gasteiger partial charge in [0.15, 0.2) is 0 Å². The average Bonchev–Trinajstić information content (AvgIpc) is 2.81. The summed E-state index contributed by atoms with van der Waals surface area (Å²) in [6.07, 6.45) is 5.65. The minimum absolute atomic E-state index is 0.436. The van der Waals surface area contributed by atoms with E-state index in [2.05, 4.69) is 53.0 Å². The first-order valence-electron chi connectivity index (χ1n) is 5.99. The number of imidazole rings is 1. The highest BCUT2D eigenvalue weighted by Gasteiger charge is 2.02. The van der Waals surface area contributed by atoms with Gasteiger partial charge in [0.2, 0.25) is 0 Å². The molecular weight excluding hydrogens is 210 g/mol. The van der Waals surface area contributed by atoms with Crippen molar-refractivity contribution in [1.82, 2.24) is 14.9 Å². The summed E-state index contributed by atoms with van der Waals surface area (Å²) in [6, 6.07) is 9.08. The molecule has 1 aromatic heterocycles. The lowest BCUT2D eigenvalue weighted by atomic mass is 10.1. The Labute approximate surface area is 103 Å². The number of hydrogen-bond donors (Lipinski definition) is 1. The van der Waals surface area contributed by atoms with Gasteiger partial charge in [-0.05, 0) is 19.4 Å². The molecule has 0 aliphatic heterocycles. The van der Waals surface area contributed by atoms with Gasteiger partial charge in [-0.15, -0.1) is 0 Å². The zero-order valence-corrected chi connectivity index (χ0v) is 10.4. The molecule has 0 bridgehead atoms. The van der Waals surface area contributed by atoms with E-state index in [1.807, 2.05) is 18.7 Å². The zero-order valence-electron chi connectivity index (χ0n) is 10.4. The molecule has 1 aromatic carbocycles. The fourth-order valence-corrected chi connectivity index (χ4v) is 1.77. The summed E-state index contributed by atoms with van der Waals surface area (Å²) in [5.74, 6) is 0. The number of aryl methyl sites for hydroxylation is 1. The van der Waals surface area contributed by atoms with E-state index < -0.39 is 0 Å². The third kappa shape index (κ3) is 3.71. The van der Waals surface area contributed by atoms with Crippen molar-refractivity contribution in [3.05, 3.63) is 54.1 Å². The van der Waals surface area contributed by atoms with Crippen molar-refractivity contribution >= 4 is 0 Å². The van der Waals surface area contributed by atoms with Crippen LogP contribution in [0.4, 0.5) is 0 Å². The summed E-state index contributed by atoms with van der Waals surface area (Å²) >= 11 is 0. The second-order valence-corrected chi connectivity index (χ2v) is 4.53. The average molecular weight is 229 g/mol. The lowest BCUT2D eigenvalue weighted by Gasteiger charge is -2.14. The van der Waals surface area contributed by atoms with Gasteiger partial charge in [-0.3, -0.25) is 0 Å². The molecule has 2 aromatic rings. The van der Waals surface area contributed by atoms with Gasteiger partial charge in [-0.2, -0.15) is 0 Å². The van der Waals surface area contributed by atoms with Gasteiger partial charge >= 0.3 is 0 Å². The van der Waals surface area contributed by atoms with Crippen molar-refractivity contribution in [2.24, 2.45) is 0 Å². The number of nitrogens with one attached hydrogen (secondary N) is 1. The normalized spacial score (nSPS) is 12.6. The van der Waals surface area contributed by atoms with E-state index >= 15 is 0 Å². The molecule has 1 N–H and O–H groups in total. The molecule has 3 nitrogen and oxygen atoms in total. The van der Waals surface area contributed by atoms with Crippen LogP contribution in [0, 0.1) is 6.92 Å². The quantitative estimate of drug-likeness (QED) is 0.853. The van der Waals surface area contributed by atoms with Crippen molar-refractivity contribution in [2.45, 2.75) is 33.0 Å². The van der Waals surface area contributed by atoms with E-state index in [1.165, 1.54) is 11.1 Å². The van der Waals surface area contributed by atoms with Gasteiger partial charge in [0.1, 0.15) is 0 Å². The standard InChI is InChI=1S/C14H19N3/c1-12-3-5-14(6-4-12)9-16-13(2)10-17-8-7-15-11-17/h3-8,11,13,16H,9-10H2,1-2H3. The topological polar surface area (TPSA) is 29.9 Å². The van der Waals surface area contributed by atoms with Crippen LogP contribution in [-0.2, 0) is 13.1 Å². The summed E-state index contributed by atoms with van der Waals surface area (Å²) in [5.41, 5.74) is 2.63. The number of hydrogen-bond acceptors (Lipinski definition) is 2. The van der Waals surface area contributed by atoms with Crippen LogP contribution in [0.5, 0.6) is 0 Å². The second kappa shape index (κ2) is 5.64. The van der Waals surface area contributed by atoms with E-state index in [0.717, 1.165) is 13.1 Å². The maximum Gasteiger partial charge on any atom is 0.0946 e. The molecule has 0 amide bonds. The summed E-state index contributed by atoms with van der Waals surface area (Å²) in [7, 11) is 0. The molecule has 17 heavy (non-hydrogen) atoms. The summed E-state index contributed by atoms with van der Waals surface area (Å²) in [4.78, 5) is 4.04. The van der Waals surface area contributed by atoms with E-state index in [-0.39, 0.29) is 0 Å². The molecule has 3 heteroatoms. The number of aromatic nitrogens is 2. The molecule has 0 aliphatic carbocycles. The van der Waals surface area contributed by atoms with Crippen LogP contribution in [0.1, 0.15) is 18.1 Å². The van der Waals surface area contributed by atoms with E-state index in [0.29, 0.717) is 6.04 Å². The minimum atomic E-state index is 0.436. The van der Waals surface area contributed by atoms with Crippen molar-refractivity contribution in [1.29, 1.82) is 0 Å². The predicted molar refractivity (Wildman–Crippen MR) is 69.7 cm³/mol. The molecular formula is C14H19N3. The Morgan fingerprint density at radius 3 is 2.71 bits per heavy atom. The largest absolute Gasteiger partial charge is 0.336 e. The molecule has 0 spiro atoms. The Morgan fingerprint density at radius 1 is 1.29 bits per heavy atom. The van der Waals surface area contributed by atoms with Gasteiger partial charge in [0, 0.05) is 31.5 Å². The third-order valence-electron chi connectivity index (χ3n) is 2.82. The maximum absolute atomic E-state index is 4.04. The molecule has 1 atom stereocenters. The lowest BCUT2D eigenvalue weighted by Crippen LogP contribution is -2.29. The fraction of sp³-hybridized carbons (Fsp3) is 0.357. The molecule has 0 saturated carbocycles. The van der Waals surface area contributed by atoms with Crippen LogP contribution in [0.15, 0.2) is 43.0 Å². The first-order valence-corrected chi connectivity index (χ1v) is 5.99. The van der Waals surface area contributed by atoms with Crippen LogP contribution in [0.25, 0.3) is 0 Å². The van der Waals surface area contributed by atoms with Gasteiger partial charge in [0.05, 0.1) is 6.33 Å². The molecule has 1 unspecified atom stereocenters. The monoisotopic (exact) mass is 229 g/mol. The Morgan fingerprint density at radius 2 is 2.06 bits per heavy atom. The highest BCUT2D eigenvalue weighted by atomic mass is 15.1. The summed E-state index contributed by atoms with van der Waals surface area (Å²) in [6.45, 7) is 6.16. The summed E-state index contributed by atoms with van der Waals surface area (Å²) < 4.78 is 2.09. The Balaban J connectivity index is 1.79. The zero-order chi connectivity index (χ0) is 12.1. The smallest absolute Gasteiger partial charge is 0.0946 e. The fourth-order valence-electron chi connectivity index (χ4n) is 1.77. The first kappa shape index (κ1) is 11.9. The van der Waals surface area contributed by atoms with Gasteiger partial charge in [-0.25, -0.2) is 4.98 Å². The van der Waals surface area contributed by atoms with Crippen LogP contribution in [0.2, 0.25) is 0 Å². The highest BCUT2D eigenvalue weighted by Crippen LogP contribution is 2.03. The Hall–Kier alpha value is -1.61. The lowest BCUT2D eigenvalue weighted by molar-refractivity contribution is 0.476. The Bertz CT molecular complexity index is 431. The molecule has 0 saturated heterocycles. The van der Waals surface area contributed by atoms with Crippen molar-refractivity contribution in [3.8, 4) is 0 Å². The van der Waals surface area contributed by atoms with Gasteiger partial charge in [-0.1, -0.05) is 29.8 Å². The van der Waals surface area contributed by atoms with E-state index in [1.54, 1.807) is 0 Å². The predicted octanol–water partition coefficient (Wildman–Crippen LogP) is 2.37. The van der Waals surface area contributed by atoms with Crippen LogP contribution in [0.3, 0.4) is 0 Å². The van der Waals surface area contributed by atoms with Crippen molar-refractivity contribution < 1.29 is 0 Å².